The highest BCUT2D eigenvalue weighted by molar-refractivity contribution is 6.02. The van der Waals surface area contributed by atoms with Gasteiger partial charge >= 0.3 is 0 Å². The fraction of sp³-hybridized carbons (Fsp3) is 0.310. The van der Waals surface area contributed by atoms with Crippen LogP contribution in [0.1, 0.15) is 38.8 Å². The molecule has 4 rings (SSSR count). The van der Waals surface area contributed by atoms with Crippen molar-refractivity contribution in [2.45, 2.75) is 45.3 Å². The zero-order valence-corrected chi connectivity index (χ0v) is 22.6. The van der Waals surface area contributed by atoms with Gasteiger partial charge in [-0.1, -0.05) is 30.3 Å². The minimum absolute atomic E-state index is 0.205. The molecule has 1 aromatic heterocycles. The van der Waals surface area contributed by atoms with Crippen LogP contribution in [0.25, 0.3) is 11.0 Å². The molecular formula is C29H32FN5O4. The molecule has 39 heavy (non-hydrogen) atoms. The first kappa shape index (κ1) is 27.6. The number of rotatable bonds is 10. The first-order valence-electron chi connectivity index (χ1n) is 12.6. The lowest BCUT2D eigenvalue weighted by atomic mass is 9.97. The topological polar surface area (TPSA) is 98.6 Å². The Morgan fingerprint density at radius 1 is 1.05 bits per heavy atom. The van der Waals surface area contributed by atoms with Crippen molar-refractivity contribution in [2.24, 2.45) is 0 Å². The molecule has 1 N–H and O–H groups in total. The van der Waals surface area contributed by atoms with Gasteiger partial charge in [0.2, 0.25) is 11.8 Å². The standard InChI is InChI=1S/C29H32FN5O4/c1-6-29(2,3)31-28(37)27(22-15-14-21(38-4)17-25(22)39-5)35(20-11-9-10-19(30)16-20)26(36)18-34-24-13-8-7-12-23(24)32-33-34/h7-17,27H,6,18H2,1-5H3,(H,31,37)/t27-/m0/s1. The number of nitrogens with one attached hydrogen (secondary N) is 1. The van der Waals surface area contributed by atoms with E-state index in [1.54, 1.807) is 36.4 Å². The van der Waals surface area contributed by atoms with Crippen molar-refractivity contribution < 1.29 is 23.5 Å². The zero-order valence-electron chi connectivity index (χ0n) is 22.6. The van der Waals surface area contributed by atoms with Crippen LogP contribution in [0.15, 0.2) is 66.7 Å². The summed E-state index contributed by atoms with van der Waals surface area (Å²) in [6, 6.07) is 16.6. The third-order valence-electron chi connectivity index (χ3n) is 6.65. The number of para-hydroxylation sites is 1. The Balaban J connectivity index is 1.88. The van der Waals surface area contributed by atoms with Crippen molar-refractivity contribution >= 4 is 28.5 Å². The summed E-state index contributed by atoms with van der Waals surface area (Å²) in [5.41, 5.74) is 1.31. The van der Waals surface area contributed by atoms with Gasteiger partial charge in [0.25, 0.3) is 0 Å². The number of halogens is 1. The zero-order chi connectivity index (χ0) is 28.2. The average Bonchev–Trinajstić information content (AvgIpc) is 3.33. The van der Waals surface area contributed by atoms with Gasteiger partial charge in [-0.05, 0) is 62.7 Å². The number of fused-ring (bicyclic) bond motifs is 1. The Labute approximate surface area is 226 Å². The quantitative estimate of drug-likeness (QED) is 0.318. The molecular weight excluding hydrogens is 501 g/mol. The third-order valence-corrected chi connectivity index (χ3v) is 6.65. The second-order valence-corrected chi connectivity index (χ2v) is 9.72. The molecule has 0 spiro atoms. The Morgan fingerprint density at radius 2 is 1.82 bits per heavy atom. The fourth-order valence-corrected chi connectivity index (χ4v) is 4.23. The summed E-state index contributed by atoms with van der Waals surface area (Å²) in [5.74, 6) is -0.647. The Morgan fingerprint density at radius 3 is 2.51 bits per heavy atom. The summed E-state index contributed by atoms with van der Waals surface area (Å²) < 4.78 is 26.9. The van der Waals surface area contributed by atoms with E-state index in [0.717, 1.165) is 0 Å². The molecule has 0 radical (unpaired) electrons. The van der Waals surface area contributed by atoms with Crippen LogP contribution < -0.4 is 19.7 Å². The summed E-state index contributed by atoms with van der Waals surface area (Å²) in [6.07, 6.45) is 0.643. The predicted molar refractivity (Wildman–Crippen MR) is 146 cm³/mol. The van der Waals surface area contributed by atoms with Crippen molar-refractivity contribution in [1.29, 1.82) is 0 Å². The Kier molecular flexibility index (Phi) is 8.13. The number of carbonyl (C=O) groups excluding carboxylic acids is 2. The lowest BCUT2D eigenvalue weighted by Crippen LogP contribution is -2.51. The van der Waals surface area contributed by atoms with Gasteiger partial charge in [0.15, 0.2) is 0 Å². The molecule has 0 fully saturated rings. The molecule has 1 atom stereocenters. The number of ether oxygens (including phenoxy) is 2. The van der Waals surface area contributed by atoms with Crippen molar-refractivity contribution in [3.63, 3.8) is 0 Å². The van der Waals surface area contributed by atoms with E-state index in [1.807, 2.05) is 32.9 Å². The number of amides is 2. The first-order valence-corrected chi connectivity index (χ1v) is 12.6. The van der Waals surface area contributed by atoms with E-state index in [-0.39, 0.29) is 12.2 Å². The molecule has 0 saturated heterocycles. The van der Waals surface area contributed by atoms with E-state index in [1.165, 1.54) is 42.0 Å². The highest BCUT2D eigenvalue weighted by Gasteiger charge is 2.37. The van der Waals surface area contributed by atoms with Crippen molar-refractivity contribution in [2.75, 3.05) is 19.1 Å². The molecule has 4 aromatic rings. The molecule has 0 bridgehead atoms. The monoisotopic (exact) mass is 533 g/mol. The molecule has 0 unspecified atom stereocenters. The molecule has 0 aliphatic rings. The molecule has 1 heterocycles. The highest BCUT2D eigenvalue weighted by atomic mass is 19.1. The number of benzene rings is 3. The van der Waals surface area contributed by atoms with E-state index < -0.39 is 29.2 Å². The smallest absolute Gasteiger partial charge is 0.249 e. The Hall–Kier alpha value is -4.47. The van der Waals surface area contributed by atoms with E-state index >= 15 is 0 Å². The summed E-state index contributed by atoms with van der Waals surface area (Å²) in [4.78, 5) is 29.4. The normalized spacial score (nSPS) is 12.2. The molecule has 0 aliphatic heterocycles. The van der Waals surface area contributed by atoms with Gasteiger partial charge in [-0.25, -0.2) is 9.07 Å². The van der Waals surface area contributed by atoms with Gasteiger partial charge in [0.1, 0.15) is 35.4 Å². The lowest BCUT2D eigenvalue weighted by molar-refractivity contribution is -0.128. The molecule has 10 heteroatoms. The lowest BCUT2D eigenvalue weighted by Gasteiger charge is -2.35. The number of hydrogen-bond acceptors (Lipinski definition) is 6. The number of hydrogen-bond donors (Lipinski definition) is 1. The van der Waals surface area contributed by atoms with Gasteiger partial charge in [0.05, 0.1) is 19.7 Å². The first-order chi connectivity index (χ1) is 18.7. The largest absolute Gasteiger partial charge is 0.497 e. The van der Waals surface area contributed by atoms with Crippen LogP contribution in [-0.2, 0) is 16.1 Å². The van der Waals surface area contributed by atoms with Crippen molar-refractivity contribution in [3.8, 4) is 11.5 Å². The number of nitrogens with zero attached hydrogens (tertiary/aromatic N) is 4. The number of methoxy groups -OCH3 is 2. The van der Waals surface area contributed by atoms with Crippen LogP contribution in [0.3, 0.4) is 0 Å². The van der Waals surface area contributed by atoms with Crippen LogP contribution in [-0.4, -0.2) is 46.6 Å². The van der Waals surface area contributed by atoms with Crippen molar-refractivity contribution in [1.82, 2.24) is 20.3 Å². The summed E-state index contributed by atoms with van der Waals surface area (Å²) in [5, 5.41) is 11.3. The molecule has 3 aromatic carbocycles. The summed E-state index contributed by atoms with van der Waals surface area (Å²) >= 11 is 0. The second kappa shape index (κ2) is 11.5. The highest BCUT2D eigenvalue weighted by Crippen LogP contribution is 2.36. The van der Waals surface area contributed by atoms with Crippen LogP contribution in [0.5, 0.6) is 11.5 Å². The van der Waals surface area contributed by atoms with E-state index in [0.29, 0.717) is 34.5 Å². The average molecular weight is 534 g/mol. The minimum Gasteiger partial charge on any atom is -0.497 e. The number of aromatic nitrogens is 3. The SMILES string of the molecule is CCC(C)(C)NC(=O)[C@H](c1ccc(OC)cc1OC)N(C(=O)Cn1nnc2ccccc21)c1cccc(F)c1. The Bertz CT molecular complexity index is 1490. The van der Waals surface area contributed by atoms with E-state index in [9.17, 15) is 14.0 Å². The van der Waals surface area contributed by atoms with Gasteiger partial charge in [0, 0.05) is 22.9 Å². The molecule has 204 valence electrons. The molecule has 0 aliphatic carbocycles. The maximum atomic E-state index is 14.5. The van der Waals surface area contributed by atoms with Gasteiger partial charge in [-0.3, -0.25) is 14.5 Å². The predicted octanol–water partition coefficient (Wildman–Crippen LogP) is 4.67. The van der Waals surface area contributed by atoms with Gasteiger partial charge in [-0.2, -0.15) is 0 Å². The number of anilines is 1. The van der Waals surface area contributed by atoms with E-state index in [2.05, 4.69) is 15.6 Å². The van der Waals surface area contributed by atoms with Crippen LogP contribution in [0, 0.1) is 5.82 Å². The van der Waals surface area contributed by atoms with Gasteiger partial charge in [-0.15, -0.1) is 5.10 Å². The summed E-state index contributed by atoms with van der Waals surface area (Å²) in [7, 11) is 2.99. The molecule has 2 amide bonds. The minimum atomic E-state index is -1.21. The second-order valence-electron chi connectivity index (χ2n) is 9.72. The van der Waals surface area contributed by atoms with E-state index in [4.69, 9.17) is 9.47 Å². The van der Waals surface area contributed by atoms with Crippen molar-refractivity contribution in [3.05, 3.63) is 78.1 Å². The van der Waals surface area contributed by atoms with Crippen LogP contribution >= 0.6 is 0 Å². The fourth-order valence-electron chi connectivity index (χ4n) is 4.23. The van der Waals surface area contributed by atoms with Crippen LogP contribution in [0.4, 0.5) is 10.1 Å². The summed E-state index contributed by atoms with van der Waals surface area (Å²) in [6.45, 7) is 5.50. The molecule has 0 saturated carbocycles. The number of carbonyl (C=O) groups is 2. The molecule has 9 nitrogen and oxygen atoms in total. The maximum Gasteiger partial charge on any atom is 0.249 e. The van der Waals surface area contributed by atoms with Crippen LogP contribution in [0.2, 0.25) is 0 Å². The maximum absolute atomic E-state index is 14.5. The third kappa shape index (κ3) is 6.00. The van der Waals surface area contributed by atoms with Gasteiger partial charge < -0.3 is 14.8 Å².